The average Bonchev–Trinajstić information content (AvgIpc) is 2.52. The van der Waals surface area contributed by atoms with Crippen LogP contribution in [-0.2, 0) is 17.4 Å². The van der Waals surface area contributed by atoms with Crippen LogP contribution in [0.25, 0.3) is 0 Å². The van der Waals surface area contributed by atoms with Crippen molar-refractivity contribution in [1.82, 2.24) is 0 Å². The van der Waals surface area contributed by atoms with Crippen LogP contribution < -0.4 is 0 Å². The lowest BCUT2D eigenvalue weighted by molar-refractivity contribution is 0.431. The highest BCUT2D eigenvalue weighted by Gasteiger charge is 2.22. The van der Waals surface area contributed by atoms with E-state index in [-0.39, 0.29) is 5.75 Å². The monoisotopic (exact) mass is 297 g/mol. The second kappa shape index (κ2) is 5.64. The number of nitrogens with zero attached hydrogens (tertiary/aromatic N) is 1. The molecule has 1 aromatic carbocycles. The van der Waals surface area contributed by atoms with Crippen molar-refractivity contribution in [3.8, 4) is 5.75 Å². The molecule has 0 heterocycles. The van der Waals surface area contributed by atoms with Gasteiger partial charge in [0.15, 0.2) is 11.6 Å². The number of hydrogen-bond donors (Lipinski definition) is 1. The maximum Gasteiger partial charge on any atom is 0.165 e. The van der Waals surface area contributed by atoms with Crippen molar-refractivity contribution in [3.63, 3.8) is 0 Å². The fourth-order valence-corrected chi connectivity index (χ4v) is 2.82. The molecule has 0 saturated heterocycles. The maximum atomic E-state index is 13.6. The topological polar surface area (TPSA) is 49.7 Å². The van der Waals surface area contributed by atoms with E-state index in [0.29, 0.717) is 17.7 Å². The molecule has 1 aliphatic rings. The standard InChI is InChI=1S/C15H20FNO2S/c1-15(2,3)20(19)17-13-7-5-4-6-10-8-14(18)12(16)9-11(10)13/h8-9,18H,4-7H2,1-3H3/t20-/m0/s1. The zero-order valence-electron chi connectivity index (χ0n) is 12.1. The van der Waals surface area contributed by atoms with Crippen LogP contribution in [0, 0.1) is 5.82 Å². The Labute approximate surface area is 121 Å². The number of phenolic OH excluding ortho intramolecular Hbond substituents is 1. The van der Waals surface area contributed by atoms with Crippen LogP contribution in [0.3, 0.4) is 0 Å². The van der Waals surface area contributed by atoms with Crippen molar-refractivity contribution >= 4 is 16.7 Å². The molecule has 0 spiro atoms. The molecule has 1 atom stereocenters. The fourth-order valence-electron chi connectivity index (χ4n) is 2.15. The van der Waals surface area contributed by atoms with Gasteiger partial charge >= 0.3 is 0 Å². The Hall–Kier alpha value is -1.23. The maximum absolute atomic E-state index is 13.6. The van der Waals surface area contributed by atoms with E-state index in [0.717, 1.165) is 24.8 Å². The van der Waals surface area contributed by atoms with E-state index in [1.165, 1.54) is 12.1 Å². The molecule has 5 heteroatoms. The minimum absolute atomic E-state index is 0.332. The van der Waals surface area contributed by atoms with Gasteiger partial charge in [0, 0.05) is 5.56 Å². The number of aromatic hydroxyl groups is 1. The first-order valence-electron chi connectivity index (χ1n) is 6.80. The van der Waals surface area contributed by atoms with E-state index in [2.05, 4.69) is 4.40 Å². The molecule has 0 aromatic heterocycles. The van der Waals surface area contributed by atoms with Gasteiger partial charge in [-0.2, -0.15) is 4.40 Å². The first-order valence-corrected chi connectivity index (χ1v) is 7.91. The van der Waals surface area contributed by atoms with Gasteiger partial charge < -0.3 is 5.11 Å². The van der Waals surface area contributed by atoms with Gasteiger partial charge in [-0.15, -0.1) is 0 Å². The molecule has 3 nitrogen and oxygen atoms in total. The van der Waals surface area contributed by atoms with Crippen molar-refractivity contribution in [2.75, 3.05) is 0 Å². The zero-order chi connectivity index (χ0) is 14.9. The normalized spacial score (nSPS) is 19.5. The lowest BCUT2D eigenvalue weighted by Gasteiger charge is -2.15. The van der Waals surface area contributed by atoms with Crippen molar-refractivity contribution in [2.45, 2.75) is 51.2 Å². The van der Waals surface area contributed by atoms with Crippen LogP contribution in [-0.4, -0.2) is 19.8 Å². The molecule has 1 N–H and O–H groups in total. The SMILES string of the molecule is CC(C)(C)[S@](=O)N=C1CCCCc2cc(O)c(F)cc21. The lowest BCUT2D eigenvalue weighted by Crippen LogP contribution is -2.21. The van der Waals surface area contributed by atoms with Crippen LogP contribution in [0.4, 0.5) is 4.39 Å². The largest absolute Gasteiger partial charge is 0.505 e. The quantitative estimate of drug-likeness (QED) is 0.806. The number of fused-ring (bicyclic) bond motifs is 1. The Morgan fingerprint density at radius 2 is 1.90 bits per heavy atom. The Balaban J connectivity index is 2.49. The molecule has 0 saturated carbocycles. The average molecular weight is 297 g/mol. The van der Waals surface area contributed by atoms with Gasteiger partial charge in [-0.25, -0.2) is 8.60 Å². The molecular weight excluding hydrogens is 277 g/mol. The van der Waals surface area contributed by atoms with Gasteiger partial charge in [0.1, 0.15) is 11.0 Å². The fraction of sp³-hybridized carbons (Fsp3) is 0.533. The van der Waals surface area contributed by atoms with Crippen LogP contribution >= 0.6 is 0 Å². The molecular formula is C15H20FNO2S. The molecule has 2 rings (SSSR count). The van der Waals surface area contributed by atoms with Gasteiger partial charge in [-0.1, -0.05) is 0 Å². The second-order valence-corrected chi connectivity index (χ2v) is 7.97. The number of hydrogen-bond acceptors (Lipinski definition) is 2. The van der Waals surface area contributed by atoms with Crippen molar-refractivity contribution < 1.29 is 13.7 Å². The molecule has 0 fully saturated rings. The van der Waals surface area contributed by atoms with E-state index in [4.69, 9.17) is 0 Å². The summed E-state index contributed by atoms with van der Waals surface area (Å²) < 4.78 is 29.7. The van der Waals surface area contributed by atoms with Crippen molar-refractivity contribution in [3.05, 3.63) is 29.1 Å². The highest BCUT2D eigenvalue weighted by atomic mass is 32.2. The minimum atomic E-state index is -1.36. The van der Waals surface area contributed by atoms with Crippen LogP contribution in [0.5, 0.6) is 5.75 Å². The van der Waals surface area contributed by atoms with Crippen LogP contribution in [0.15, 0.2) is 16.5 Å². The highest BCUT2D eigenvalue weighted by molar-refractivity contribution is 7.85. The third-order valence-electron chi connectivity index (χ3n) is 3.31. The number of phenols is 1. The predicted molar refractivity (Wildman–Crippen MR) is 80.1 cm³/mol. The Bertz CT molecular complexity index is 576. The van der Waals surface area contributed by atoms with Gasteiger partial charge in [0.25, 0.3) is 0 Å². The Kier molecular flexibility index (Phi) is 4.28. The lowest BCUT2D eigenvalue weighted by atomic mass is 10.0. The Morgan fingerprint density at radius 3 is 2.55 bits per heavy atom. The van der Waals surface area contributed by atoms with Crippen molar-refractivity contribution in [2.24, 2.45) is 4.40 Å². The first-order chi connectivity index (χ1) is 9.29. The third-order valence-corrected chi connectivity index (χ3v) is 4.74. The summed E-state index contributed by atoms with van der Waals surface area (Å²) in [6.45, 7) is 5.59. The molecule has 1 aliphatic carbocycles. The summed E-state index contributed by atoms with van der Waals surface area (Å²) in [7, 11) is -1.36. The highest BCUT2D eigenvalue weighted by Crippen LogP contribution is 2.28. The van der Waals surface area contributed by atoms with E-state index < -0.39 is 21.5 Å². The molecule has 0 amide bonds. The molecule has 0 radical (unpaired) electrons. The van der Waals surface area contributed by atoms with E-state index in [9.17, 15) is 13.7 Å². The number of halogens is 1. The molecule has 0 unspecified atom stereocenters. The van der Waals surface area contributed by atoms with Crippen molar-refractivity contribution in [1.29, 1.82) is 0 Å². The van der Waals surface area contributed by atoms with E-state index in [1.54, 1.807) is 0 Å². The number of aryl methyl sites for hydroxylation is 1. The first kappa shape index (κ1) is 15.2. The third kappa shape index (κ3) is 3.26. The number of benzene rings is 1. The summed E-state index contributed by atoms with van der Waals surface area (Å²) in [4.78, 5) is 0. The smallest absolute Gasteiger partial charge is 0.165 e. The number of rotatable bonds is 1. The van der Waals surface area contributed by atoms with Gasteiger partial charge in [-0.05, 0) is 64.2 Å². The molecule has 110 valence electrons. The summed E-state index contributed by atoms with van der Waals surface area (Å²) in [6, 6.07) is 2.78. The molecule has 1 aromatic rings. The van der Waals surface area contributed by atoms with E-state index in [1.807, 2.05) is 20.8 Å². The second-order valence-electron chi connectivity index (χ2n) is 6.07. The van der Waals surface area contributed by atoms with Gasteiger partial charge in [0.05, 0.1) is 10.5 Å². The predicted octanol–water partition coefficient (Wildman–Crippen LogP) is 3.51. The molecule has 0 bridgehead atoms. The van der Waals surface area contributed by atoms with E-state index >= 15 is 0 Å². The van der Waals surface area contributed by atoms with Crippen LogP contribution in [0.2, 0.25) is 0 Å². The Morgan fingerprint density at radius 1 is 1.25 bits per heavy atom. The summed E-state index contributed by atoms with van der Waals surface area (Å²) >= 11 is 0. The summed E-state index contributed by atoms with van der Waals surface area (Å²) in [5, 5.41) is 9.49. The zero-order valence-corrected chi connectivity index (χ0v) is 12.9. The minimum Gasteiger partial charge on any atom is -0.505 e. The molecule has 0 aliphatic heterocycles. The summed E-state index contributed by atoms with van der Waals surface area (Å²) in [6.07, 6.45) is 3.36. The van der Waals surface area contributed by atoms with Gasteiger partial charge in [0.2, 0.25) is 0 Å². The summed E-state index contributed by atoms with van der Waals surface area (Å²) in [5.74, 6) is -0.984. The van der Waals surface area contributed by atoms with Gasteiger partial charge in [-0.3, -0.25) is 0 Å². The molecule has 20 heavy (non-hydrogen) atoms. The summed E-state index contributed by atoms with van der Waals surface area (Å²) in [5.41, 5.74) is 2.26. The van der Waals surface area contributed by atoms with Crippen LogP contribution in [0.1, 0.15) is 51.2 Å².